The van der Waals surface area contributed by atoms with E-state index in [-0.39, 0.29) is 46.7 Å². The maximum Gasteiger partial charge on any atom is 0.362 e. The van der Waals surface area contributed by atoms with Crippen molar-refractivity contribution in [1.82, 2.24) is 30.0 Å². The molecule has 3 saturated heterocycles. The number of benzene rings is 3. The third kappa shape index (κ3) is 10.1. The third-order valence-electron chi connectivity index (χ3n) is 12.3. The predicted molar refractivity (Wildman–Crippen MR) is 251 cm³/mol. The van der Waals surface area contributed by atoms with Gasteiger partial charge in [-0.15, -0.1) is 11.8 Å². The lowest BCUT2D eigenvalue weighted by Crippen LogP contribution is -2.54. The molecule has 1 unspecified atom stereocenters. The molecule has 8 rings (SSSR count). The number of imide groups is 2. The molecule has 4 aliphatic rings. The summed E-state index contributed by atoms with van der Waals surface area (Å²) in [7, 11) is 0.684. The number of thioether (sulfide) groups is 1. The molecule has 0 bridgehead atoms. The Hall–Kier alpha value is -5.56. The molecule has 66 heavy (non-hydrogen) atoms. The molecule has 1 aromatic heterocycles. The summed E-state index contributed by atoms with van der Waals surface area (Å²) in [5.41, 5.74) is 2.66. The Kier molecular flexibility index (Phi) is 14.6. The van der Waals surface area contributed by atoms with Crippen molar-refractivity contribution in [2.75, 3.05) is 81.9 Å². The molecule has 3 fully saturated rings. The number of nitrogens with zero attached hydrogens (tertiary/aromatic N) is 6. The van der Waals surface area contributed by atoms with Gasteiger partial charge < -0.3 is 34.2 Å². The number of amides is 5. The van der Waals surface area contributed by atoms with E-state index in [4.69, 9.17) is 25.4 Å². The fourth-order valence-electron chi connectivity index (χ4n) is 8.77. The van der Waals surface area contributed by atoms with E-state index in [1.165, 1.54) is 32.2 Å². The monoisotopic (exact) mass is 959 g/mol. The first kappa shape index (κ1) is 47.0. The standard InChI is InChI=1S/C45H51ClN9O9PS/c1-62-37-25-29(10-13-34(37)49-45-47-27-33(46)41(51-45)48-35-7-4-5-8-38(35)65(61,63-2)64-3)52-18-16-28(17-19-52)53-20-22-54(23-21-53)40(57)9-6-24-66-30-11-12-31-32(26-30)44(60)55(43(31)59)36-14-15-39(56)50-42(36)58/h4-5,7-8,10-13,25-28,36H,6,9,14-24H2,1-3H3,(H,50,56,58)(H2,47,48,49,51). The number of hydrogen-bond acceptors (Lipinski definition) is 16. The van der Waals surface area contributed by atoms with E-state index in [1.54, 1.807) is 49.6 Å². The van der Waals surface area contributed by atoms with Crippen molar-refractivity contribution in [2.24, 2.45) is 0 Å². The van der Waals surface area contributed by atoms with Crippen LogP contribution in [0.2, 0.25) is 5.02 Å². The summed E-state index contributed by atoms with van der Waals surface area (Å²) in [4.78, 5) is 80.9. The number of rotatable bonds is 16. The van der Waals surface area contributed by atoms with Crippen molar-refractivity contribution in [3.63, 3.8) is 0 Å². The average Bonchev–Trinajstić information content (AvgIpc) is 3.58. The summed E-state index contributed by atoms with van der Waals surface area (Å²) in [6, 6.07) is 17.4. The van der Waals surface area contributed by atoms with Crippen LogP contribution in [-0.2, 0) is 28.0 Å². The number of fused-ring (bicyclic) bond motifs is 1. The SMILES string of the molecule is COc1cc(N2CCC(N3CCN(C(=O)CCCSc4ccc5c(c4)C(=O)N(C4CCC(=O)NC4=O)C5=O)CC3)CC2)ccc1Nc1ncc(Cl)c(Nc2ccccc2P(=O)(OC)OC)n1. The summed E-state index contributed by atoms with van der Waals surface area (Å²) in [5.74, 6) is -0.142. The van der Waals surface area contributed by atoms with Crippen LogP contribution in [0.4, 0.5) is 28.8 Å². The van der Waals surface area contributed by atoms with E-state index in [2.05, 4.69) is 35.7 Å². The molecule has 18 nitrogen and oxygen atoms in total. The van der Waals surface area contributed by atoms with Crippen LogP contribution in [0, 0.1) is 0 Å². The summed E-state index contributed by atoms with van der Waals surface area (Å²) in [6.45, 7) is 4.78. The van der Waals surface area contributed by atoms with Crippen molar-refractivity contribution in [1.29, 1.82) is 0 Å². The van der Waals surface area contributed by atoms with Gasteiger partial charge in [-0.2, -0.15) is 4.98 Å². The fraction of sp³-hybridized carbons (Fsp3) is 0.400. The van der Waals surface area contributed by atoms with Crippen molar-refractivity contribution in [3.05, 3.63) is 83.0 Å². The van der Waals surface area contributed by atoms with Gasteiger partial charge in [-0.25, -0.2) is 4.98 Å². The molecule has 5 heterocycles. The lowest BCUT2D eigenvalue weighted by Gasteiger charge is -2.43. The first-order valence-corrected chi connectivity index (χ1v) is 24.6. The maximum atomic E-state index is 13.2. The van der Waals surface area contributed by atoms with E-state index < -0.39 is 37.3 Å². The van der Waals surface area contributed by atoms with Gasteiger partial charge in [0, 0.05) is 89.0 Å². The Morgan fingerprint density at radius 3 is 2.35 bits per heavy atom. The summed E-state index contributed by atoms with van der Waals surface area (Å²) < 4.78 is 29.4. The number of carbonyl (C=O) groups excluding carboxylic acids is 5. The average molecular weight is 960 g/mol. The highest BCUT2D eigenvalue weighted by Gasteiger charge is 2.44. The second-order valence-electron chi connectivity index (χ2n) is 16.1. The van der Waals surface area contributed by atoms with Gasteiger partial charge in [0.25, 0.3) is 11.8 Å². The van der Waals surface area contributed by atoms with Crippen LogP contribution in [-0.4, -0.2) is 133 Å². The number of anilines is 5. The van der Waals surface area contributed by atoms with Crippen LogP contribution in [0.25, 0.3) is 0 Å². The number of carbonyl (C=O) groups is 5. The van der Waals surface area contributed by atoms with Crippen LogP contribution in [0.1, 0.15) is 59.2 Å². The second kappa shape index (κ2) is 20.5. The van der Waals surface area contributed by atoms with Gasteiger partial charge in [0.1, 0.15) is 16.8 Å². The molecule has 0 radical (unpaired) electrons. The normalized spacial score (nSPS) is 18.4. The molecule has 21 heteroatoms. The molecule has 4 aromatic rings. The topological polar surface area (TPSA) is 205 Å². The minimum absolute atomic E-state index is 0.0674. The van der Waals surface area contributed by atoms with Gasteiger partial charge in [0.05, 0.1) is 41.1 Å². The lowest BCUT2D eigenvalue weighted by molar-refractivity contribution is -0.136. The van der Waals surface area contributed by atoms with Gasteiger partial charge in [-0.05, 0) is 73.9 Å². The highest BCUT2D eigenvalue weighted by molar-refractivity contribution is 7.99. The van der Waals surface area contributed by atoms with Crippen LogP contribution in [0.3, 0.4) is 0 Å². The number of aromatic nitrogens is 2. The first-order chi connectivity index (χ1) is 31.9. The molecule has 0 spiro atoms. The van der Waals surface area contributed by atoms with Crippen molar-refractivity contribution in [3.8, 4) is 5.75 Å². The number of methoxy groups -OCH3 is 1. The molecule has 0 saturated carbocycles. The Bertz CT molecular complexity index is 2570. The molecular formula is C45H51ClN9O9PS. The molecule has 348 valence electrons. The summed E-state index contributed by atoms with van der Waals surface area (Å²) >= 11 is 8.00. The minimum Gasteiger partial charge on any atom is -0.494 e. The van der Waals surface area contributed by atoms with E-state index in [0.717, 1.165) is 54.5 Å². The number of piperidine rings is 2. The number of halogens is 1. The van der Waals surface area contributed by atoms with Crippen LogP contribution in [0.15, 0.2) is 71.8 Å². The lowest BCUT2D eigenvalue weighted by atomic mass is 10.0. The quantitative estimate of drug-likeness (QED) is 0.0524. The first-order valence-electron chi connectivity index (χ1n) is 21.7. The number of piperazine rings is 1. The highest BCUT2D eigenvalue weighted by Crippen LogP contribution is 2.47. The summed E-state index contributed by atoms with van der Waals surface area (Å²) in [6.07, 6.45) is 4.71. The molecule has 3 N–H and O–H groups in total. The number of nitrogens with one attached hydrogen (secondary N) is 3. The van der Waals surface area contributed by atoms with E-state index in [0.29, 0.717) is 60.2 Å². The Balaban J connectivity index is 0.776. The molecule has 1 atom stereocenters. The fourth-order valence-corrected chi connectivity index (χ4v) is 11.0. The van der Waals surface area contributed by atoms with Crippen molar-refractivity contribution in [2.45, 2.75) is 55.5 Å². The van der Waals surface area contributed by atoms with Gasteiger partial charge in [0.2, 0.25) is 23.7 Å². The largest absolute Gasteiger partial charge is 0.494 e. The molecular weight excluding hydrogens is 909 g/mol. The number of para-hydroxylation sites is 1. The molecule has 5 amide bonds. The molecule has 4 aliphatic heterocycles. The predicted octanol–water partition coefficient (Wildman–Crippen LogP) is 5.82. The van der Waals surface area contributed by atoms with Crippen molar-refractivity contribution < 1.29 is 42.3 Å². The second-order valence-corrected chi connectivity index (χ2v) is 19.9. The van der Waals surface area contributed by atoms with Gasteiger partial charge >= 0.3 is 7.60 Å². The molecule has 3 aromatic carbocycles. The van der Waals surface area contributed by atoms with Crippen LogP contribution < -0.4 is 30.9 Å². The maximum absolute atomic E-state index is 13.2. The summed E-state index contributed by atoms with van der Waals surface area (Å²) in [5, 5.41) is 9.18. The number of ether oxygens (including phenoxy) is 1. The van der Waals surface area contributed by atoms with E-state index in [1.807, 2.05) is 23.1 Å². The minimum atomic E-state index is -3.58. The highest BCUT2D eigenvalue weighted by atomic mass is 35.5. The van der Waals surface area contributed by atoms with E-state index in [9.17, 15) is 28.5 Å². The van der Waals surface area contributed by atoms with Gasteiger partial charge in [-0.1, -0.05) is 23.7 Å². The Labute approximate surface area is 391 Å². The number of hydrogen-bond donors (Lipinski definition) is 3. The zero-order valence-corrected chi connectivity index (χ0v) is 39.3. The van der Waals surface area contributed by atoms with Gasteiger partial charge in [0.15, 0.2) is 5.82 Å². The van der Waals surface area contributed by atoms with E-state index >= 15 is 0 Å². The Morgan fingerprint density at radius 1 is 0.879 bits per heavy atom. The van der Waals surface area contributed by atoms with Crippen molar-refractivity contribution >= 4 is 94.6 Å². The zero-order valence-electron chi connectivity index (χ0n) is 36.8. The zero-order chi connectivity index (χ0) is 46.5. The van der Waals surface area contributed by atoms with Crippen LogP contribution >= 0.6 is 31.0 Å². The van der Waals surface area contributed by atoms with Gasteiger partial charge in [-0.3, -0.25) is 43.7 Å². The smallest absolute Gasteiger partial charge is 0.362 e. The third-order valence-corrected chi connectivity index (χ3v) is 15.6. The molecule has 0 aliphatic carbocycles. The van der Waals surface area contributed by atoms with Crippen LogP contribution in [0.5, 0.6) is 5.75 Å². The Morgan fingerprint density at radius 2 is 1.62 bits per heavy atom.